The number of aliphatic hydroxyl groups is 3. The molecule has 0 bridgehead atoms. The monoisotopic (exact) mass is 612 g/mol. The van der Waals surface area contributed by atoms with E-state index >= 15 is 0 Å². The summed E-state index contributed by atoms with van der Waals surface area (Å²) < 4.78 is 33.3. The molecule has 1 saturated heterocycles. The normalized spacial score (nSPS) is 27.8. The Morgan fingerprint density at radius 2 is 1.56 bits per heavy atom. The minimum Gasteiger partial charge on any atom is -0.396 e. The van der Waals surface area contributed by atoms with Gasteiger partial charge >= 0.3 is 5.69 Å². The maximum Gasteiger partial charge on any atom is 0.333 e. The summed E-state index contributed by atoms with van der Waals surface area (Å²) in [5.74, 6) is -3.89. The SMILES string of the molecule is COC1(OCC(O)[C@@]2(OC3(OC)CCCCC3)O[C@@H](n3cc(C)c(=O)n(CCCCCCO)c3=O)C[C@@H]2O)CCCCC1. The van der Waals surface area contributed by atoms with Gasteiger partial charge in [0.25, 0.3) is 5.56 Å². The van der Waals surface area contributed by atoms with Gasteiger partial charge in [-0.1, -0.05) is 25.7 Å². The highest BCUT2D eigenvalue weighted by Gasteiger charge is 2.59. The molecule has 1 aromatic heterocycles. The summed E-state index contributed by atoms with van der Waals surface area (Å²) in [6.45, 7) is 1.74. The molecule has 4 atom stereocenters. The van der Waals surface area contributed by atoms with E-state index in [0.717, 1.165) is 51.4 Å². The van der Waals surface area contributed by atoms with E-state index in [1.54, 1.807) is 21.1 Å². The molecule has 246 valence electrons. The fourth-order valence-electron chi connectivity index (χ4n) is 6.80. The van der Waals surface area contributed by atoms with Crippen molar-refractivity contribution in [2.75, 3.05) is 27.4 Å². The Kier molecular flexibility index (Phi) is 12.0. The van der Waals surface area contributed by atoms with Gasteiger partial charge < -0.3 is 39.0 Å². The molecule has 4 rings (SSSR count). The molecule has 0 radical (unpaired) electrons. The second-order valence-electron chi connectivity index (χ2n) is 12.4. The van der Waals surface area contributed by atoms with Crippen molar-refractivity contribution in [2.24, 2.45) is 0 Å². The maximum atomic E-state index is 13.6. The van der Waals surface area contributed by atoms with Crippen LogP contribution in [0.4, 0.5) is 0 Å². The predicted molar refractivity (Wildman–Crippen MR) is 157 cm³/mol. The first kappa shape index (κ1) is 34.2. The Morgan fingerprint density at radius 3 is 2.16 bits per heavy atom. The summed E-state index contributed by atoms with van der Waals surface area (Å²) in [7, 11) is 3.14. The molecular weight excluding hydrogens is 560 g/mol. The highest BCUT2D eigenvalue weighted by Crippen LogP contribution is 2.46. The fraction of sp³-hybridized carbons (Fsp3) is 0.871. The molecule has 2 heterocycles. The van der Waals surface area contributed by atoms with Gasteiger partial charge in [0.05, 0.1) is 6.61 Å². The first-order chi connectivity index (χ1) is 20.6. The Bertz CT molecular complexity index is 1140. The highest BCUT2D eigenvalue weighted by molar-refractivity contribution is 5.05. The summed E-state index contributed by atoms with van der Waals surface area (Å²) in [6, 6.07) is 0. The molecule has 12 nitrogen and oxygen atoms in total. The quantitative estimate of drug-likeness (QED) is 0.199. The van der Waals surface area contributed by atoms with Crippen LogP contribution in [0.1, 0.15) is 108 Å². The zero-order chi connectivity index (χ0) is 31.1. The molecule has 1 aliphatic heterocycles. The Hall–Kier alpha value is -1.64. The van der Waals surface area contributed by atoms with Crippen LogP contribution in [0.15, 0.2) is 15.8 Å². The molecule has 43 heavy (non-hydrogen) atoms. The molecule has 1 unspecified atom stereocenters. The standard InChI is InChI=1S/C31H52N2O10/c1-23-21-33(28(38)32(27(23)37)18-12-4-5-13-19-34)26-20-24(35)31(42-26,43-30(40-3)16-10-7-11-17-30)25(36)22-41-29(39-2)14-8-6-9-15-29/h21,24-26,34-36H,4-20,22H2,1-3H3/t24-,25?,26+,31+/m0/s1. The van der Waals surface area contributed by atoms with Crippen LogP contribution in [-0.4, -0.2) is 81.5 Å². The van der Waals surface area contributed by atoms with Gasteiger partial charge in [-0.15, -0.1) is 0 Å². The van der Waals surface area contributed by atoms with E-state index in [1.807, 2.05) is 0 Å². The number of methoxy groups -OCH3 is 2. The lowest BCUT2D eigenvalue weighted by Gasteiger charge is -2.46. The molecule has 2 aliphatic carbocycles. The van der Waals surface area contributed by atoms with Gasteiger partial charge in [-0.05, 0) is 45.4 Å². The summed E-state index contributed by atoms with van der Waals surface area (Å²) >= 11 is 0. The van der Waals surface area contributed by atoms with Crippen LogP contribution >= 0.6 is 0 Å². The molecule has 3 N–H and O–H groups in total. The van der Waals surface area contributed by atoms with Gasteiger partial charge in [0.15, 0.2) is 11.6 Å². The highest BCUT2D eigenvalue weighted by atomic mass is 16.8. The van der Waals surface area contributed by atoms with Crippen LogP contribution in [0.2, 0.25) is 0 Å². The predicted octanol–water partition coefficient (Wildman–Crippen LogP) is 2.85. The largest absolute Gasteiger partial charge is 0.396 e. The van der Waals surface area contributed by atoms with Gasteiger partial charge in [-0.3, -0.25) is 13.9 Å². The van der Waals surface area contributed by atoms with E-state index in [-0.39, 0.29) is 31.7 Å². The van der Waals surface area contributed by atoms with Crippen LogP contribution in [0, 0.1) is 6.92 Å². The molecule has 0 amide bonds. The smallest absolute Gasteiger partial charge is 0.333 e. The number of aliphatic hydroxyl groups excluding tert-OH is 3. The summed E-state index contributed by atoms with van der Waals surface area (Å²) in [5, 5.41) is 32.3. The van der Waals surface area contributed by atoms with E-state index in [4.69, 9.17) is 28.8 Å². The first-order valence-corrected chi connectivity index (χ1v) is 16.1. The second kappa shape index (κ2) is 15.1. The van der Waals surface area contributed by atoms with E-state index in [0.29, 0.717) is 44.1 Å². The van der Waals surface area contributed by atoms with Gasteiger partial charge in [0.1, 0.15) is 18.4 Å². The van der Waals surface area contributed by atoms with Gasteiger partial charge in [-0.25, -0.2) is 4.79 Å². The molecule has 3 aliphatic rings. The third kappa shape index (κ3) is 7.61. The van der Waals surface area contributed by atoms with Crippen molar-refractivity contribution in [1.82, 2.24) is 9.13 Å². The van der Waals surface area contributed by atoms with Gasteiger partial charge in [0, 0.05) is 71.2 Å². The van der Waals surface area contributed by atoms with E-state index in [9.17, 15) is 19.8 Å². The molecule has 12 heteroatoms. The van der Waals surface area contributed by atoms with Crippen molar-refractivity contribution < 1.29 is 39.0 Å². The molecule has 3 fully saturated rings. The average molecular weight is 613 g/mol. The minimum atomic E-state index is -1.96. The Morgan fingerprint density at radius 1 is 0.953 bits per heavy atom. The fourth-order valence-corrected chi connectivity index (χ4v) is 6.80. The second-order valence-corrected chi connectivity index (χ2v) is 12.4. The molecule has 0 spiro atoms. The van der Waals surface area contributed by atoms with E-state index < -0.39 is 41.5 Å². The lowest BCUT2D eigenvalue weighted by molar-refractivity contribution is -0.404. The third-order valence-corrected chi connectivity index (χ3v) is 9.47. The number of aromatic nitrogens is 2. The Balaban J connectivity index is 1.63. The van der Waals surface area contributed by atoms with Crippen molar-refractivity contribution in [3.63, 3.8) is 0 Å². The number of aryl methyl sites for hydroxylation is 1. The number of ether oxygens (including phenoxy) is 5. The van der Waals surface area contributed by atoms with Crippen LogP contribution in [-0.2, 0) is 30.2 Å². The molecule has 2 saturated carbocycles. The van der Waals surface area contributed by atoms with Crippen molar-refractivity contribution in [2.45, 2.75) is 146 Å². The lowest BCUT2D eigenvalue weighted by atomic mass is 9.92. The number of nitrogens with zero attached hydrogens (tertiary/aromatic N) is 2. The molecular formula is C31H52N2O10. The van der Waals surface area contributed by atoms with Crippen LogP contribution < -0.4 is 11.2 Å². The number of rotatable bonds is 15. The van der Waals surface area contributed by atoms with Crippen molar-refractivity contribution >= 4 is 0 Å². The van der Waals surface area contributed by atoms with Crippen molar-refractivity contribution in [3.8, 4) is 0 Å². The van der Waals surface area contributed by atoms with Gasteiger partial charge in [0.2, 0.25) is 5.79 Å². The number of hydrogen-bond donors (Lipinski definition) is 3. The topological polar surface area (TPSA) is 151 Å². The van der Waals surface area contributed by atoms with E-state index in [2.05, 4.69) is 0 Å². The lowest BCUT2D eigenvalue weighted by Crippen LogP contribution is -2.60. The van der Waals surface area contributed by atoms with E-state index in [1.165, 1.54) is 15.3 Å². The van der Waals surface area contributed by atoms with Crippen LogP contribution in [0.25, 0.3) is 0 Å². The van der Waals surface area contributed by atoms with Crippen molar-refractivity contribution in [1.29, 1.82) is 0 Å². The van der Waals surface area contributed by atoms with Crippen LogP contribution in [0.5, 0.6) is 0 Å². The summed E-state index contributed by atoms with van der Waals surface area (Å²) in [6.07, 6.45) is 8.63. The molecule has 1 aromatic rings. The maximum absolute atomic E-state index is 13.6. The summed E-state index contributed by atoms with van der Waals surface area (Å²) in [5.41, 5.74) is -0.581. The first-order valence-electron chi connectivity index (χ1n) is 16.1. The Labute approximate surface area is 253 Å². The van der Waals surface area contributed by atoms with Gasteiger partial charge in [-0.2, -0.15) is 0 Å². The van der Waals surface area contributed by atoms with Crippen molar-refractivity contribution in [3.05, 3.63) is 32.6 Å². The third-order valence-electron chi connectivity index (χ3n) is 9.47. The summed E-state index contributed by atoms with van der Waals surface area (Å²) in [4.78, 5) is 26.5. The number of hydrogen-bond acceptors (Lipinski definition) is 10. The minimum absolute atomic E-state index is 0.0552. The number of unbranched alkanes of at least 4 members (excludes halogenated alkanes) is 3. The van der Waals surface area contributed by atoms with Crippen LogP contribution in [0.3, 0.4) is 0 Å². The average Bonchev–Trinajstić information content (AvgIpc) is 3.35. The molecule has 0 aromatic carbocycles. The zero-order valence-electron chi connectivity index (χ0n) is 26.1. The zero-order valence-corrected chi connectivity index (χ0v) is 26.1.